The van der Waals surface area contributed by atoms with Crippen molar-refractivity contribution in [2.24, 2.45) is 11.8 Å². The Labute approximate surface area is 112 Å². The van der Waals surface area contributed by atoms with Crippen LogP contribution in [0.1, 0.15) is 19.8 Å². The number of carbonyl (C=O) groups is 1. The number of anilines is 1. The number of benzene rings is 1. The molecule has 1 aromatic carbocycles. The minimum atomic E-state index is 0.121. The van der Waals surface area contributed by atoms with E-state index in [1.165, 1.54) is 0 Å². The molecule has 0 spiro atoms. The number of hydrogen-bond donors (Lipinski definition) is 1. The van der Waals surface area contributed by atoms with E-state index in [0.717, 1.165) is 22.8 Å². The van der Waals surface area contributed by atoms with Gasteiger partial charge in [0.05, 0.1) is 11.8 Å². The third kappa shape index (κ3) is 3.27. The normalized spacial score (nSPS) is 21.1. The molecule has 18 heavy (non-hydrogen) atoms. The van der Waals surface area contributed by atoms with Crippen LogP contribution in [0.4, 0.5) is 5.69 Å². The van der Waals surface area contributed by atoms with Gasteiger partial charge in [-0.25, -0.2) is 0 Å². The van der Waals surface area contributed by atoms with Crippen LogP contribution in [-0.4, -0.2) is 11.7 Å². The summed E-state index contributed by atoms with van der Waals surface area (Å²) in [5.41, 5.74) is 0.865. The summed E-state index contributed by atoms with van der Waals surface area (Å²) < 4.78 is 0. The van der Waals surface area contributed by atoms with Gasteiger partial charge in [-0.1, -0.05) is 19.1 Å². The molecular formula is C14H16N2OS. The third-order valence-electron chi connectivity index (χ3n) is 3.06. The number of nitrogens with zero attached hydrogens (tertiary/aromatic N) is 1. The maximum atomic E-state index is 11.9. The molecule has 0 saturated heterocycles. The first-order valence-electron chi connectivity index (χ1n) is 6.12. The van der Waals surface area contributed by atoms with Gasteiger partial charge >= 0.3 is 0 Å². The van der Waals surface area contributed by atoms with E-state index < -0.39 is 0 Å². The van der Waals surface area contributed by atoms with Crippen LogP contribution in [0, 0.1) is 23.2 Å². The van der Waals surface area contributed by atoms with E-state index in [1.54, 1.807) is 11.8 Å². The quantitative estimate of drug-likeness (QED) is 0.653. The molecule has 1 aromatic rings. The molecule has 3 nitrogen and oxygen atoms in total. The predicted molar refractivity (Wildman–Crippen MR) is 73.3 cm³/mol. The highest BCUT2D eigenvalue weighted by Crippen LogP contribution is 2.39. The molecule has 1 aliphatic carbocycles. The zero-order valence-electron chi connectivity index (χ0n) is 10.3. The second kappa shape index (κ2) is 5.92. The van der Waals surface area contributed by atoms with Crippen LogP contribution < -0.4 is 5.32 Å². The lowest BCUT2D eigenvalue weighted by Crippen LogP contribution is -2.14. The van der Waals surface area contributed by atoms with Crippen molar-refractivity contribution in [3.8, 4) is 6.07 Å². The molecule has 1 saturated carbocycles. The first kappa shape index (κ1) is 13.0. The predicted octanol–water partition coefficient (Wildman–Crippen LogP) is 3.29. The van der Waals surface area contributed by atoms with Crippen molar-refractivity contribution in [3.05, 3.63) is 24.3 Å². The molecular weight excluding hydrogens is 244 g/mol. The number of thioether (sulfide) groups is 1. The zero-order valence-corrected chi connectivity index (χ0v) is 11.2. The van der Waals surface area contributed by atoms with Crippen LogP contribution in [0.2, 0.25) is 0 Å². The fourth-order valence-corrected chi connectivity index (χ4v) is 2.68. The van der Waals surface area contributed by atoms with Crippen molar-refractivity contribution in [2.75, 3.05) is 11.1 Å². The monoisotopic (exact) mass is 260 g/mol. The molecule has 1 amide bonds. The Morgan fingerprint density at radius 1 is 1.56 bits per heavy atom. The van der Waals surface area contributed by atoms with E-state index in [4.69, 9.17) is 5.26 Å². The number of hydrogen-bond acceptors (Lipinski definition) is 3. The van der Waals surface area contributed by atoms with Crippen molar-refractivity contribution in [1.82, 2.24) is 0 Å². The molecule has 94 valence electrons. The highest BCUT2D eigenvalue weighted by molar-refractivity contribution is 7.99. The molecule has 2 atom stereocenters. The molecule has 2 rings (SSSR count). The minimum absolute atomic E-state index is 0.121. The molecule has 4 heteroatoms. The maximum absolute atomic E-state index is 11.9. The SMILES string of the molecule is C[C@@H]1C[C@H]1C(=O)Nc1ccccc1SCCC#N. The van der Waals surface area contributed by atoms with E-state index in [9.17, 15) is 4.79 Å². The van der Waals surface area contributed by atoms with Crippen LogP contribution in [0.15, 0.2) is 29.2 Å². The van der Waals surface area contributed by atoms with Gasteiger partial charge in [0.25, 0.3) is 0 Å². The summed E-state index contributed by atoms with van der Waals surface area (Å²) in [5.74, 6) is 1.57. The van der Waals surface area contributed by atoms with Gasteiger partial charge in [0.2, 0.25) is 5.91 Å². The minimum Gasteiger partial charge on any atom is -0.325 e. The fourth-order valence-electron chi connectivity index (χ4n) is 1.82. The van der Waals surface area contributed by atoms with Gasteiger partial charge in [-0.05, 0) is 24.5 Å². The second-order valence-corrected chi connectivity index (χ2v) is 5.70. The van der Waals surface area contributed by atoms with Crippen molar-refractivity contribution in [3.63, 3.8) is 0 Å². The molecule has 0 aromatic heterocycles. The van der Waals surface area contributed by atoms with Gasteiger partial charge in [0, 0.05) is 23.0 Å². The van der Waals surface area contributed by atoms with Crippen LogP contribution >= 0.6 is 11.8 Å². The number of amides is 1. The average Bonchev–Trinajstić information content (AvgIpc) is 3.09. The molecule has 1 N–H and O–H groups in total. The largest absolute Gasteiger partial charge is 0.325 e. The first-order valence-corrected chi connectivity index (χ1v) is 7.10. The van der Waals surface area contributed by atoms with E-state index >= 15 is 0 Å². The molecule has 0 heterocycles. The third-order valence-corrected chi connectivity index (χ3v) is 4.14. The first-order chi connectivity index (χ1) is 8.72. The summed E-state index contributed by atoms with van der Waals surface area (Å²) in [6.45, 7) is 2.10. The van der Waals surface area contributed by atoms with Crippen LogP contribution in [0.5, 0.6) is 0 Å². The molecule has 0 aliphatic heterocycles. The van der Waals surface area contributed by atoms with Crippen molar-refractivity contribution in [1.29, 1.82) is 5.26 Å². The number of nitriles is 1. The van der Waals surface area contributed by atoms with Crippen LogP contribution in [0.3, 0.4) is 0 Å². The Balaban J connectivity index is 1.98. The number of carbonyl (C=O) groups excluding carboxylic acids is 1. The molecule has 1 aliphatic rings. The van der Waals surface area contributed by atoms with E-state index in [-0.39, 0.29) is 11.8 Å². The molecule has 1 fully saturated rings. The van der Waals surface area contributed by atoms with E-state index in [1.807, 2.05) is 24.3 Å². The average molecular weight is 260 g/mol. The number of rotatable bonds is 5. The van der Waals surface area contributed by atoms with Gasteiger partial charge in [0.1, 0.15) is 0 Å². The molecule has 0 radical (unpaired) electrons. The van der Waals surface area contributed by atoms with Gasteiger partial charge in [-0.15, -0.1) is 11.8 Å². The summed E-state index contributed by atoms with van der Waals surface area (Å²) in [4.78, 5) is 12.9. The number of para-hydroxylation sites is 1. The lowest BCUT2D eigenvalue weighted by molar-refractivity contribution is -0.117. The lowest BCUT2D eigenvalue weighted by Gasteiger charge is -2.09. The highest BCUT2D eigenvalue weighted by atomic mass is 32.2. The summed E-state index contributed by atoms with van der Waals surface area (Å²) in [7, 11) is 0. The van der Waals surface area contributed by atoms with Crippen molar-refractivity contribution in [2.45, 2.75) is 24.7 Å². The zero-order chi connectivity index (χ0) is 13.0. The summed E-state index contributed by atoms with van der Waals surface area (Å²) in [6, 6.07) is 9.89. The smallest absolute Gasteiger partial charge is 0.227 e. The van der Waals surface area contributed by atoms with Gasteiger partial charge in [-0.2, -0.15) is 5.26 Å². The number of nitrogens with one attached hydrogen (secondary N) is 1. The maximum Gasteiger partial charge on any atom is 0.227 e. The summed E-state index contributed by atoms with van der Waals surface area (Å²) >= 11 is 1.61. The van der Waals surface area contributed by atoms with Gasteiger partial charge in [0.15, 0.2) is 0 Å². The van der Waals surface area contributed by atoms with Crippen LogP contribution in [0.25, 0.3) is 0 Å². The Bertz CT molecular complexity index is 481. The Morgan fingerprint density at radius 2 is 2.28 bits per heavy atom. The van der Waals surface area contributed by atoms with Crippen molar-refractivity contribution < 1.29 is 4.79 Å². The van der Waals surface area contributed by atoms with Gasteiger partial charge < -0.3 is 5.32 Å². The topological polar surface area (TPSA) is 52.9 Å². The summed E-state index contributed by atoms with van der Waals surface area (Å²) in [6.07, 6.45) is 1.52. The van der Waals surface area contributed by atoms with E-state index in [0.29, 0.717) is 12.3 Å². The summed E-state index contributed by atoms with van der Waals surface area (Å²) in [5, 5.41) is 11.5. The second-order valence-electron chi connectivity index (χ2n) is 4.56. The van der Waals surface area contributed by atoms with Crippen molar-refractivity contribution >= 4 is 23.4 Å². The Kier molecular flexibility index (Phi) is 4.27. The van der Waals surface area contributed by atoms with E-state index in [2.05, 4.69) is 18.3 Å². The highest BCUT2D eigenvalue weighted by Gasteiger charge is 2.39. The standard InChI is InChI=1S/C14H16N2OS/c1-10-9-11(10)14(17)16-12-5-2-3-6-13(12)18-8-4-7-15/h2-3,5-6,10-11H,4,8-9H2,1H3,(H,16,17)/t10-,11-/m1/s1. The Morgan fingerprint density at radius 3 is 2.94 bits per heavy atom. The van der Waals surface area contributed by atoms with Gasteiger partial charge in [-0.3, -0.25) is 4.79 Å². The fraction of sp³-hybridized carbons (Fsp3) is 0.429. The lowest BCUT2D eigenvalue weighted by atomic mass is 10.3. The van der Waals surface area contributed by atoms with Crippen LogP contribution in [-0.2, 0) is 4.79 Å². The Hall–Kier alpha value is -1.47. The molecule has 0 unspecified atom stereocenters. The molecule has 0 bridgehead atoms.